The van der Waals surface area contributed by atoms with E-state index in [0.29, 0.717) is 27.2 Å². The fraction of sp³-hybridized carbons (Fsp3) is 0.273. The van der Waals surface area contributed by atoms with Gasteiger partial charge in [-0.15, -0.1) is 12.4 Å². The maximum absolute atomic E-state index is 15.4. The van der Waals surface area contributed by atoms with Crippen LogP contribution >= 0.6 is 23.9 Å². The predicted molar refractivity (Wildman–Crippen MR) is 122 cm³/mol. The van der Waals surface area contributed by atoms with Crippen molar-refractivity contribution in [3.8, 4) is 16.9 Å². The number of H-pyrrole nitrogens is 1. The Kier molecular flexibility index (Phi) is 4.69. The average Bonchev–Trinajstić information content (AvgIpc) is 3.34. The van der Waals surface area contributed by atoms with Crippen LogP contribution in [0.5, 0.6) is 5.75 Å². The van der Waals surface area contributed by atoms with Crippen molar-refractivity contribution in [1.82, 2.24) is 14.3 Å². The standard InChI is InChI=1S/C22H18FN3O3S.ClH/c1-29-20-16(10-2-3-11-8-24-9-12(11)6-10)15(23)7-14-18(20)26(13-4-5-13)22-17(19(14)27)21(28)25-30-22;/h2-3,6-7,13,24H,4-5,8-9H2,1H3,(H,25,28);1H. The average molecular weight is 460 g/mol. The Balaban J connectivity index is 0.00000204. The Morgan fingerprint density at radius 3 is 2.68 bits per heavy atom. The van der Waals surface area contributed by atoms with E-state index >= 15 is 4.39 Å². The van der Waals surface area contributed by atoms with E-state index in [1.807, 2.05) is 22.8 Å². The Morgan fingerprint density at radius 1 is 1.16 bits per heavy atom. The number of nitrogens with one attached hydrogen (secondary N) is 2. The smallest absolute Gasteiger partial charge is 0.271 e. The molecule has 2 aromatic heterocycles. The van der Waals surface area contributed by atoms with Crippen LogP contribution in [0.2, 0.25) is 0 Å². The van der Waals surface area contributed by atoms with E-state index in [0.717, 1.165) is 43.0 Å². The van der Waals surface area contributed by atoms with Gasteiger partial charge in [-0.25, -0.2) is 4.39 Å². The van der Waals surface area contributed by atoms with Gasteiger partial charge in [0.15, 0.2) is 5.75 Å². The van der Waals surface area contributed by atoms with Gasteiger partial charge in [0.05, 0.1) is 23.6 Å². The summed E-state index contributed by atoms with van der Waals surface area (Å²) in [6, 6.07) is 7.30. The number of halogens is 2. The molecule has 1 aliphatic heterocycles. The SMILES string of the molecule is COc1c(-c2ccc3c(c2)CNC3)c(F)cc2c(=O)c3c(=O)[nH]sc3n(C3CC3)c12.Cl. The van der Waals surface area contributed by atoms with Crippen LogP contribution in [-0.2, 0) is 13.1 Å². The summed E-state index contributed by atoms with van der Waals surface area (Å²) in [7, 11) is 1.50. The van der Waals surface area contributed by atoms with Gasteiger partial charge in [-0.05, 0) is 53.2 Å². The number of nitrogens with zero attached hydrogens (tertiary/aromatic N) is 1. The molecule has 2 aromatic carbocycles. The highest BCUT2D eigenvalue weighted by Crippen LogP contribution is 2.45. The lowest BCUT2D eigenvalue weighted by molar-refractivity contribution is 0.416. The highest BCUT2D eigenvalue weighted by Gasteiger charge is 2.32. The molecule has 2 N–H and O–H groups in total. The number of fused-ring (bicyclic) bond motifs is 3. The lowest BCUT2D eigenvalue weighted by atomic mass is 9.97. The van der Waals surface area contributed by atoms with Crippen molar-refractivity contribution < 1.29 is 9.13 Å². The summed E-state index contributed by atoms with van der Waals surface area (Å²) in [5.41, 5.74) is 3.07. The summed E-state index contributed by atoms with van der Waals surface area (Å²) < 4.78 is 25.8. The van der Waals surface area contributed by atoms with Gasteiger partial charge in [0, 0.05) is 19.1 Å². The summed E-state index contributed by atoms with van der Waals surface area (Å²) in [5, 5.41) is 3.57. The van der Waals surface area contributed by atoms with Crippen molar-refractivity contribution in [2.24, 2.45) is 0 Å². The number of rotatable bonds is 3. The third-order valence-corrected chi connectivity index (χ3v) is 6.94. The molecule has 3 heterocycles. The van der Waals surface area contributed by atoms with Gasteiger partial charge in [0.1, 0.15) is 16.0 Å². The normalized spacial score (nSPS) is 15.3. The second kappa shape index (κ2) is 7.19. The third-order valence-electron chi connectivity index (χ3n) is 6.06. The molecule has 0 radical (unpaired) electrons. The molecule has 0 amide bonds. The molecule has 6 rings (SSSR count). The van der Waals surface area contributed by atoms with Crippen molar-refractivity contribution in [3.05, 3.63) is 61.8 Å². The summed E-state index contributed by atoms with van der Waals surface area (Å²) in [4.78, 5) is 26.0. The molecule has 160 valence electrons. The van der Waals surface area contributed by atoms with Crippen molar-refractivity contribution in [2.75, 3.05) is 7.11 Å². The molecule has 0 spiro atoms. The first kappa shape index (κ1) is 20.2. The zero-order valence-electron chi connectivity index (χ0n) is 16.6. The zero-order chi connectivity index (χ0) is 20.6. The minimum absolute atomic E-state index is 0. The van der Waals surface area contributed by atoms with Crippen molar-refractivity contribution >= 4 is 45.1 Å². The molecule has 1 saturated carbocycles. The number of hydrogen-bond acceptors (Lipinski definition) is 5. The number of pyridine rings is 1. The van der Waals surface area contributed by atoms with Crippen LogP contribution in [0.3, 0.4) is 0 Å². The molecule has 4 aromatic rings. The van der Waals surface area contributed by atoms with Gasteiger partial charge in [-0.2, -0.15) is 0 Å². The maximum atomic E-state index is 15.4. The number of methoxy groups -OCH3 is 1. The molecule has 1 fully saturated rings. The van der Waals surface area contributed by atoms with Crippen molar-refractivity contribution in [2.45, 2.75) is 32.0 Å². The molecule has 0 unspecified atom stereocenters. The van der Waals surface area contributed by atoms with Gasteiger partial charge in [-0.3, -0.25) is 14.0 Å². The summed E-state index contributed by atoms with van der Waals surface area (Å²) in [6.45, 7) is 1.55. The van der Waals surface area contributed by atoms with Gasteiger partial charge >= 0.3 is 0 Å². The monoisotopic (exact) mass is 459 g/mol. The number of hydrogen-bond donors (Lipinski definition) is 2. The van der Waals surface area contributed by atoms with E-state index < -0.39 is 16.8 Å². The Labute approximate surface area is 186 Å². The second-order valence-corrected chi connectivity index (χ2v) is 8.69. The fourth-order valence-electron chi connectivity index (χ4n) is 4.53. The number of aromatic nitrogens is 2. The lowest BCUT2D eigenvalue weighted by Gasteiger charge is -2.18. The quantitative estimate of drug-likeness (QED) is 0.484. The topological polar surface area (TPSA) is 76.1 Å². The minimum atomic E-state index is -0.532. The molecular formula is C22H19ClFN3O3S. The first-order valence-corrected chi connectivity index (χ1v) is 10.7. The van der Waals surface area contributed by atoms with E-state index in [2.05, 4.69) is 9.69 Å². The van der Waals surface area contributed by atoms with Crippen LogP contribution < -0.4 is 21.0 Å². The van der Waals surface area contributed by atoms with Crippen molar-refractivity contribution in [3.63, 3.8) is 0 Å². The van der Waals surface area contributed by atoms with E-state index in [9.17, 15) is 9.59 Å². The Hall–Kier alpha value is -2.68. The van der Waals surface area contributed by atoms with Gasteiger partial charge in [0.25, 0.3) is 5.56 Å². The highest BCUT2D eigenvalue weighted by atomic mass is 35.5. The third kappa shape index (κ3) is 2.86. The van der Waals surface area contributed by atoms with Gasteiger partial charge < -0.3 is 14.6 Å². The molecule has 0 bridgehead atoms. The lowest BCUT2D eigenvalue weighted by Crippen LogP contribution is -2.16. The van der Waals surface area contributed by atoms with Crippen LogP contribution in [-0.4, -0.2) is 16.1 Å². The maximum Gasteiger partial charge on any atom is 0.271 e. The largest absolute Gasteiger partial charge is 0.494 e. The zero-order valence-corrected chi connectivity index (χ0v) is 18.2. The molecule has 0 saturated heterocycles. The van der Waals surface area contributed by atoms with Crippen LogP contribution in [0, 0.1) is 5.82 Å². The van der Waals surface area contributed by atoms with Gasteiger partial charge in [-0.1, -0.05) is 12.1 Å². The van der Waals surface area contributed by atoms with E-state index in [1.54, 1.807) is 0 Å². The first-order valence-electron chi connectivity index (χ1n) is 9.87. The first-order chi connectivity index (χ1) is 14.6. The molecule has 31 heavy (non-hydrogen) atoms. The number of benzene rings is 2. The Morgan fingerprint density at radius 2 is 1.94 bits per heavy atom. The fourth-order valence-corrected chi connectivity index (χ4v) is 5.45. The molecular weight excluding hydrogens is 441 g/mol. The minimum Gasteiger partial charge on any atom is -0.494 e. The molecule has 1 aliphatic carbocycles. The van der Waals surface area contributed by atoms with Gasteiger partial charge in [0.2, 0.25) is 5.43 Å². The molecule has 0 atom stereocenters. The molecule has 9 heteroatoms. The highest BCUT2D eigenvalue weighted by molar-refractivity contribution is 7.12. The van der Waals surface area contributed by atoms with E-state index in [4.69, 9.17) is 4.74 Å². The second-order valence-electron chi connectivity index (χ2n) is 7.89. The van der Waals surface area contributed by atoms with Crippen molar-refractivity contribution in [1.29, 1.82) is 0 Å². The summed E-state index contributed by atoms with van der Waals surface area (Å²) in [6.07, 6.45) is 1.89. The van der Waals surface area contributed by atoms with Crippen LogP contribution in [0.1, 0.15) is 30.0 Å². The Bertz CT molecular complexity index is 1490. The summed E-state index contributed by atoms with van der Waals surface area (Å²) >= 11 is 1.15. The van der Waals surface area contributed by atoms with Crippen LogP contribution in [0.4, 0.5) is 4.39 Å². The van der Waals surface area contributed by atoms with Crippen LogP contribution in [0.15, 0.2) is 33.9 Å². The summed E-state index contributed by atoms with van der Waals surface area (Å²) in [5.74, 6) is -0.196. The predicted octanol–water partition coefficient (Wildman–Crippen LogP) is 4.08. The van der Waals surface area contributed by atoms with E-state index in [-0.39, 0.29) is 29.2 Å². The number of aromatic amines is 1. The van der Waals surface area contributed by atoms with E-state index in [1.165, 1.54) is 18.7 Å². The molecule has 6 nitrogen and oxygen atoms in total. The molecule has 2 aliphatic rings. The number of ether oxygens (including phenoxy) is 1. The van der Waals surface area contributed by atoms with Crippen LogP contribution in [0.25, 0.3) is 32.2 Å².